The van der Waals surface area contributed by atoms with Crippen LogP contribution >= 0.6 is 0 Å². The van der Waals surface area contributed by atoms with Crippen molar-refractivity contribution in [2.75, 3.05) is 19.0 Å². The van der Waals surface area contributed by atoms with Gasteiger partial charge in [0.05, 0.1) is 31.1 Å². The summed E-state index contributed by atoms with van der Waals surface area (Å²) in [5, 5.41) is 6.73. The Morgan fingerprint density at radius 2 is 1.84 bits per heavy atom. The lowest BCUT2D eigenvalue weighted by atomic mass is 10.2. The van der Waals surface area contributed by atoms with Crippen LogP contribution in [0.2, 0.25) is 0 Å². The molecule has 0 saturated heterocycles. The van der Waals surface area contributed by atoms with Gasteiger partial charge in [0, 0.05) is 22.6 Å². The first-order valence-electron chi connectivity index (χ1n) is 9.58. The van der Waals surface area contributed by atoms with E-state index in [0.29, 0.717) is 5.56 Å². The SMILES string of the molecule is COC(=O)c1ccc(-n2c(C)cc(/C=N/NC(=O)CNc3ccccc3F)c2C)cc1. The number of benzene rings is 2. The van der Waals surface area contributed by atoms with E-state index in [1.807, 2.05) is 36.6 Å². The van der Waals surface area contributed by atoms with Crippen molar-refractivity contribution in [1.29, 1.82) is 0 Å². The molecular weight excluding hydrogens is 399 g/mol. The molecule has 1 heterocycles. The Kier molecular flexibility index (Phi) is 6.81. The highest BCUT2D eigenvalue weighted by atomic mass is 19.1. The van der Waals surface area contributed by atoms with Gasteiger partial charge < -0.3 is 14.6 Å². The number of nitrogens with zero attached hydrogens (tertiary/aromatic N) is 2. The largest absolute Gasteiger partial charge is 0.465 e. The van der Waals surface area contributed by atoms with Crippen molar-refractivity contribution in [2.45, 2.75) is 13.8 Å². The first-order chi connectivity index (χ1) is 14.9. The number of hydrogen-bond donors (Lipinski definition) is 2. The van der Waals surface area contributed by atoms with E-state index >= 15 is 0 Å². The number of methoxy groups -OCH3 is 1. The summed E-state index contributed by atoms with van der Waals surface area (Å²) in [5.74, 6) is -1.21. The van der Waals surface area contributed by atoms with Crippen molar-refractivity contribution in [1.82, 2.24) is 9.99 Å². The van der Waals surface area contributed by atoms with Crippen LogP contribution in [0.3, 0.4) is 0 Å². The fourth-order valence-electron chi connectivity index (χ4n) is 3.17. The second-order valence-electron chi connectivity index (χ2n) is 6.83. The zero-order valence-electron chi connectivity index (χ0n) is 17.5. The lowest BCUT2D eigenvalue weighted by Gasteiger charge is -2.10. The minimum absolute atomic E-state index is 0.107. The third-order valence-corrected chi connectivity index (χ3v) is 4.72. The highest BCUT2D eigenvalue weighted by Gasteiger charge is 2.11. The van der Waals surface area contributed by atoms with Crippen molar-refractivity contribution >= 4 is 23.8 Å². The maximum Gasteiger partial charge on any atom is 0.337 e. The number of carbonyl (C=O) groups excluding carboxylic acids is 2. The Morgan fingerprint density at radius 3 is 2.52 bits per heavy atom. The van der Waals surface area contributed by atoms with E-state index in [1.54, 1.807) is 36.5 Å². The summed E-state index contributed by atoms with van der Waals surface area (Å²) in [6.07, 6.45) is 1.56. The van der Waals surface area contributed by atoms with Crippen LogP contribution in [0.5, 0.6) is 0 Å². The highest BCUT2D eigenvalue weighted by molar-refractivity contribution is 5.89. The molecule has 0 spiro atoms. The molecular formula is C23H23FN4O3. The normalized spacial score (nSPS) is 10.8. The number of halogens is 1. The minimum atomic E-state index is -0.425. The standard InChI is InChI=1S/C23H23FN4O3/c1-15-12-18(13-26-27-22(29)14-25-21-7-5-4-6-20(21)24)16(2)28(15)19-10-8-17(9-11-19)23(30)31-3/h4-13,25H,14H2,1-3H3,(H,27,29)/b26-13+. The van der Waals surface area contributed by atoms with Gasteiger partial charge in [-0.05, 0) is 56.3 Å². The van der Waals surface area contributed by atoms with E-state index in [2.05, 4.69) is 15.8 Å². The van der Waals surface area contributed by atoms with Crippen LogP contribution in [0.1, 0.15) is 27.3 Å². The fraction of sp³-hybridized carbons (Fsp3) is 0.174. The van der Waals surface area contributed by atoms with E-state index in [-0.39, 0.29) is 18.2 Å². The van der Waals surface area contributed by atoms with Gasteiger partial charge in [0.15, 0.2) is 0 Å². The summed E-state index contributed by atoms with van der Waals surface area (Å²) in [7, 11) is 1.34. The van der Waals surface area contributed by atoms with Gasteiger partial charge in [-0.2, -0.15) is 5.10 Å². The monoisotopic (exact) mass is 422 g/mol. The lowest BCUT2D eigenvalue weighted by molar-refractivity contribution is -0.119. The average Bonchev–Trinajstić information content (AvgIpc) is 3.05. The van der Waals surface area contributed by atoms with Gasteiger partial charge in [-0.15, -0.1) is 0 Å². The van der Waals surface area contributed by atoms with E-state index in [4.69, 9.17) is 4.74 Å². The Morgan fingerprint density at radius 1 is 1.13 bits per heavy atom. The number of hydrogen-bond acceptors (Lipinski definition) is 5. The number of carbonyl (C=O) groups is 2. The number of esters is 1. The topological polar surface area (TPSA) is 84.7 Å². The van der Waals surface area contributed by atoms with Crippen LogP contribution in [0.4, 0.5) is 10.1 Å². The third kappa shape index (κ3) is 5.16. The molecule has 7 nitrogen and oxygen atoms in total. The smallest absolute Gasteiger partial charge is 0.337 e. The van der Waals surface area contributed by atoms with Crippen molar-refractivity contribution in [2.24, 2.45) is 5.10 Å². The molecule has 0 aliphatic rings. The maximum atomic E-state index is 13.6. The molecule has 3 aromatic rings. The molecule has 0 fully saturated rings. The van der Waals surface area contributed by atoms with Crippen LogP contribution in [-0.2, 0) is 9.53 Å². The summed E-state index contributed by atoms with van der Waals surface area (Å²) < 4.78 is 20.3. The number of aromatic nitrogens is 1. The number of rotatable bonds is 7. The van der Waals surface area contributed by atoms with Crippen molar-refractivity contribution in [3.63, 3.8) is 0 Å². The molecule has 1 amide bonds. The predicted octanol–water partition coefficient (Wildman–Crippen LogP) is 3.58. The quantitative estimate of drug-likeness (QED) is 0.346. The third-order valence-electron chi connectivity index (χ3n) is 4.72. The molecule has 160 valence electrons. The van der Waals surface area contributed by atoms with Crippen molar-refractivity contribution in [3.05, 3.63) is 82.9 Å². The molecule has 8 heteroatoms. The Hall–Kier alpha value is -3.94. The average molecular weight is 422 g/mol. The molecule has 31 heavy (non-hydrogen) atoms. The molecule has 0 bridgehead atoms. The molecule has 0 radical (unpaired) electrons. The number of amides is 1. The maximum absolute atomic E-state index is 13.6. The Bertz CT molecular complexity index is 1120. The van der Waals surface area contributed by atoms with Crippen LogP contribution in [0.25, 0.3) is 5.69 Å². The van der Waals surface area contributed by atoms with Gasteiger partial charge in [0.2, 0.25) is 0 Å². The van der Waals surface area contributed by atoms with Gasteiger partial charge >= 0.3 is 5.97 Å². The molecule has 0 saturated carbocycles. The summed E-state index contributed by atoms with van der Waals surface area (Å²) in [6, 6.07) is 15.2. The molecule has 0 aliphatic carbocycles. The number of para-hydroxylation sites is 1. The molecule has 0 unspecified atom stereocenters. The van der Waals surface area contributed by atoms with E-state index in [9.17, 15) is 14.0 Å². The summed E-state index contributed by atoms with van der Waals surface area (Å²) in [5.41, 5.74) is 6.77. The molecule has 3 rings (SSSR count). The number of nitrogens with one attached hydrogen (secondary N) is 2. The van der Waals surface area contributed by atoms with Gasteiger partial charge in [0.25, 0.3) is 5.91 Å². The number of hydrazone groups is 1. The molecule has 1 aromatic heterocycles. The minimum Gasteiger partial charge on any atom is -0.465 e. The van der Waals surface area contributed by atoms with Crippen LogP contribution in [0.15, 0.2) is 59.7 Å². The zero-order valence-corrected chi connectivity index (χ0v) is 17.5. The molecule has 2 aromatic carbocycles. The number of ether oxygens (including phenoxy) is 1. The Balaban J connectivity index is 1.65. The second kappa shape index (κ2) is 9.71. The van der Waals surface area contributed by atoms with E-state index in [0.717, 1.165) is 22.6 Å². The van der Waals surface area contributed by atoms with E-state index in [1.165, 1.54) is 13.2 Å². The van der Waals surface area contributed by atoms with E-state index < -0.39 is 11.7 Å². The molecule has 2 N–H and O–H groups in total. The zero-order chi connectivity index (χ0) is 22.4. The van der Waals surface area contributed by atoms with Crippen LogP contribution in [0, 0.1) is 19.7 Å². The number of anilines is 1. The van der Waals surface area contributed by atoms with Crippen molar-refractivity contribution in [3.8, 4) is 5.69 Å². The second-order valence-corrected chi connectivity index (χ2v) is 6.83. The van der Waals surface area contributed by atoms with Crippen LogP contribution in [-0.4, -0.2) is 36.3 Å². The summed E-state index contributed by atoms with van der Waals surface area (Å²) in [4.78, 5) is 23.6. The lowest BCUT2D eigenvalue weighted by Crippen LogP contribution is -2.26. The van der Waals surface area contributed by atoms with Crippen LogP contribution < -0.4 is 10.7 Å². The summed E-state index contributed by atoms with van der Waals surface area (Å²) >= 11 is 0. The van der Waals surface area contributed by atoms with Crippen molar-refractivity contribution < 1.29 is 18.7 Å². The molecule has 0 atom stereocenters. The summed E-state index contributed by atoms with van der Waals surface area (Å²) in [6.45, 7) is 3.78. The number of aryl methyl sites for hydroxylation is 1. The fourth-order valence-corrected chi connectivity index (χ4v) is 3.17. The van der Waals surface area contributed by atoms with Gasteiger partial charge in [0.1, 0.15) is 5.82 Å². The molecule has 0 aliphatic heterocycles. The first-order valence-corrected chi connectivity index (χ1v) is 9.58. The van der Waals surface area contributed by atoms with Gasteiger partial charge in [-0.1, -0.05) is 12.1 Å². The first kappa shape index (κ1) is 21.8. The van der Waals surface area contributed by atoms with Gasteiger partial charge in [-0.25, -0.2) is 14.6 Å². The van der Waals surface area contributed by atoms with Gasteiger partial charge in [-0.3, -0.25) is 4.79 Å². The highest BCUT2D eigenvalue weighted by Crippen LogP contribution is 2.20. The predicted molar refractivity (Wildman–Crippen MR) is 117 cm³/mol. The Labute approximate surface area is 179 Å².